The predicted octanol–water partition coefficient (Wildman–Crippen LogP) is 4.40. The maximum absolute atomic E-state index is 5.70. The van der Waals surface area contributed by atoms with E-state index in [4.69, 9.17) is 14.7 Å². The Morgan fingerprint density at radius 1 is 0.935 bits per heavy atom. The number of methoxy groups -OCH3 is 1. The molecular formula is C25H33N5O. The number of hydrogen-bond acceptors (Lipinski definition) is 6. The molecule has 1 saturated carbocycles. The highest BCUT2D eigenvalue weighted by molar-refractivity contribution is 5.90. The van der Waals surface area contributed by atoms with Gasteiger partial charge in [-0.1, -0.05) is 42.5 Å². The Labute approximate surface area is 185 Å². The molecule has 0 spiro atoms. The lowest BCUT2D eigenvalue weighted by atomic mass is 9.91. The molecular weight excluding hydrogens is 386 g/mol. The molecule has 1 fully saturated rings. The normalized spacial score (nSPS) is 19.8. The van der Waals surface area contributed by atoms with Gasteiger partial charge in [0, 0.05) is 45.2 Å². The fourth-order valence-corrected chi connectivity index (χ4v) is 4.37. The van der Waals surface area contributed by atoms with E-state index in [9.17, 15) is 0 Å². The van der Waals surface area contributed by atoms with E-state index in [1.54, 1.807) is 7.11 Å². The van der Waals surface area contributed by atoms with E-state index in [2.05, 4.69) is 51.9 Å². The molecule has 1 aromatic heterocycles. The summed E-state index contributed by atoms with van der Waals surface area (Å²) in [5.74, 6) is 1.68. The summed E-state index contributed by atoms with van der Waals surface area (Å²) in [6.07, 6.45) is 4.57. The minimum Gasteiger partial charge on any atom is -0.375 e. The van der Waals surface area contributed by atoms with Gasteiger partial charge in [-0.15, -0.1) is 0 Å². The second-order valence-corrected chi connectivity index (χ2v) is 8.52. The maximum Gasteiger partial charge on any atom is 0.225 e. The monoisotopic (exact) mass is 419 g/mol. The van der Waals surface area contributed by atoms with Crippen LogP contribution in [0.2, 0.25) is 0 Å². The number of para-hydroxylation sites is 1. The zero-order valence-corrected chi connectivity index (χ0v) is 18.7. The minimum atomic E-state index is 0.0903. The Balaban J connectivity index is 1.32. The van der Waals surface area contributed by atoms with Crippen LogP contribution in [0.3, 0.4) is 0 Å². The first kappa shape index (κ1) is 21.5. The van der Waals surface area contributed by atoms with Crippen LogP contribution in [0.1, 0.15) is 37.4 Å². The van der Waals surface area contributed by atoms with Crippen molar-refractivity contribution in [2.24, 2.45) is 0 Å². The van der Waals surface area contributed by atoms with Gasteiger partial charge in [0.25, 0.3) is 0 Å². The fourth-order valence-electron chi connectivity index (χ4n) is 4.37. The van der Waals surface area contributed by atoms with E-state index in [0.29, 0.717) is 12.1 Å². The van der Waals surface area contributed by atoms with Crippen molar-refractivity contribution in [3.05, 3.63) is 60.2 Å². The Morgan fingerprint density at radius 2 is 1.61 bits per heavy atom. The van der Waals surface area contributed by atoms with Gasteiger partial charge in [0.1, 0.15) is 5.82 Å². The van der Waals surface area contributed by atoms with Crippen molar-refractivity contribution in [1.29, 1.82) is 0 Å². The zero-order valence-electron chi connectivity index (χ0n) is 18.7. The molecule has 3 aromatic rings. The van der Waals surface area contributed by atoms with Crippen LogP contribution in [0, 0.1) is 0 Å². The van der Waals surface area contributed by atoms with Crippen LogP contribution in [0.25, 0.3) is 10.9 Å². The molecule has 1 atom stereocenters. The average Bonchev–Trinajstić information content (AvgIpc) is 2.80. The van der Waals surface area contributed by atoms with E-state index < -0.39 is 0 Å². The van der Waals surface area contributed by atoms with Crippen molar-refractivity contribution in [2.75, 3.05) is 38.0 Å². The van der Waals surface area contributed by atoms with Crippen molar-refractivity contribution in [3.63, 3.8) is 0 Å². The molecule has 0 saturated heterocycles. The van der Waals surface area contributed by atoms with E-state index in [-0.39, 0.29) is 6.10 Å². The van der Waals surface area contributed by atoms with Crippen LogP contribution in [-0.4, -0.2) is 49.8 Å². The van der Waals surface area contributed by atoms with Gasteiger partial charge in [0.2, 0.25) is 5.95 Å². The standard InChI is InChI=1S/C25H33N5O/c1-30(2)24-21-11-7-8-12-22(21)28-25(29-24)27-20-15-13-19(14-16-20)26-17-23(31-3)18-9-5-4-6-10-18/h4-12,19-20,23,26H,13-17H2,1-3H3,(H,27,28,29)/t19-,20+,23?. The molecule has 31 heavy (non-hydrogen) atoms. The van der Waals surface area contributed by atoms with Gasteiger partial charge in [-0.2, -0.15) is 4.98 Å². The Hall–Kier alpha value is -2.70. The molecule has 2 aromatic carbocycles. The minimum absolute atomic E-state index is 0.0903. The Bertz CT molecular complexity index is 970. The molecule has 1 aliphatic carbocycles. The lowest BCUT2D eigenvalue weighted by Crippen LogP contribution is -2.39. The van der Waals surface area contributed by atoms with Crippen LogP contribution < -0.4 is 15.5 Å². The molecule has 2 N–H and O–H groups in total. The van der Waals surface area contributed by atoms with Crippen molar-refractivity contribution in [2.45, 2.75) is 43.9 Å². The highest BCUT2D eigenvalue weighted by Gasteiger charge is 2.23. The quantitative estimate of drug-likeness (QED) is 0.564. The molecule has 0 aliphatic heterocycles. The SMILES string of the molecule is COC(CN[C@H]1CC[C@@H](Nc2nc(N(C)C)c3ccccc3n2)CC1)c1ccccc1. The summed E-state index contributed by atoms with van der Waals surface area (Å²) >= 11 is 0. The van der Waals surface area contributed by atoms with Gasteiger partial charge < -0.3 is 20.3 Å². The topological polar surface area (TPSA) is 62.3 Å². The molecule has 1 unspecified atom stereocenters. The number of anilines is 2. The molecule has 0 bridgehead atoms. The maximum atomic E-state index is 5.70. The molecule has 1 aliphatic rings. The number of fused-ring (bicyclic) bond motifs is 1. The van der Waals surface area contributed by atoms with Crippen LogP contribution in [0.15, 0.2) is 54.6 Å². The second kappa shape index (κ2) is 10.1. The lowest BCUT2D eigenvalue weighted by molar-refractivity contribution is 0.0974. The van der Waals surface area contributed by atoms with Crippen LogP contribution >= 0.6 is 0 Å². The molecule has 1 heterocycles. The molecule has 0 amide bonds. The average molecular weight is 420 g/mol. The summed E-state index contributed by atoms with van der Waals surface area (Å²) in [6, 6.07) is 19.5. The molecule has 0 radical (unpaired) electrons. The van der Waals surface area contributed by atoms with Crippen molar-refractivity contribution < 1.29 is 4.74 Å². The first-order chi connectivity index (χ1) is 15.1. The van der Waals surface area contributed by atoms with Crippen molar-refractivity contribution in [3.8, 4) is 0 Å². The highest BCUT2D eigenvalue weighted by Crippen LogP contribution is 2.26. The number of aromatic nitrogens is 2. The van der Waals surface area contributed by atoms with E-state index in [1.807, 2.05) is 32.3 Å². The van der Waals surface area contributed by atoms with E-state index >= 15 is 0 Å². The Morgan fingerprint density at radius 3 is 2.32 bits per heavy atom. The second-order valence-electron chi connectivity index (χ2n) is 8.52. The summed E-state index contributed by atoms with van der Waals surface area (Å²) in [6.45, 7) is 0.837. The van der Waals surface area contributed by atoms with Gasteiger partial charge in [-0.25, -0.2) is 4.98 Å². The van der Waals surface area contributed by atoms with Gasteiger partial charge in [0.05, 0.1) is 11.6 Å². The third-order valence-corrected chi connectivity index (χ3v) is 6.11. The predicted molar refractivity (Wildman–Crippen MR) is 128 cm³/mol. The number of benzene rings is 2. The summed E-state index contributed by atoms with van der Waals surface area (Å²) in [4.78, 5) is 11.6. The largest absolute Gasteiger partial charge is 0.375 e. The summed E-state index contributed by atoms with van der Waals surface area (Å²) in [7, 11) is 5.84. The third kappa shape index (κ3) is 5.32. The van der Waals surface area contributed by atoms with E-state index in [1.165, 1.54) is 5.56 Å². The van der Waals surface area contributed by atoms with Gasteiger partial charge in [-0.05, 0) is 43.4 Å². The van der Waals surface area contributed by atoms with Crippen molar-refractivity contribution >= 4 is 22.7 Å². The first-order valence-electron chi connectivity index (χ1n) is 11.2. The van der Waals surface area contributed by atoms with Crippen LogP contribution in [-0.2, 0) is 4.74 Å². The fraction of sp³-hybridized carbons (Fsp3) is 0.440. The smallest absolute Gasteiger partial charge is 0.225 e. The van der Waals surface area contributed by atoms with Crippen LogP contribution in [0.4, 0.5) is 11.8 Å². The van der Waals surface area contributed by atoms with Crippen LogP contribution in [0.5, 0.6) is 0 Å². The van der Waals surface area contributed by atoms with E-state index in [0.717, 1.165) is 54.9 Å². The Kier molecular flexibility index (Phi) is 6.99. The van der Waals surface area contributed by atoms with Gasteiger partial charge in [-0.3, -0.25) is 0 Å². The highest BCUT2D eigenvalue weighted by atomic mass is 16.5. The number of nitrogens with zero attached hydrogens (tertiary/aromatic N) is 3. The number of nitrogens with one attached hydrogen (secondary N) is 2. The number of hydrogen-bond donors (Lipinski definition) is 2. The number of ether oxygens (including phenoxy) is 1. The van der Waals surface area contributed by atoms with Crippen molar-refractivity contribution in [1.82, 2.24) is 15.3 Å². The first-order valence-corrected chi connectivity index (χ1v) is 11.2. The summed E-state index contributed by atoms with van der Waals surface area (Å²) in [5.41, 5.74) is 2.20. The molecule has 4 rings (SSSR count). The van der Waals surface area contributed by atoms with Gasteiger partial charge >= 0.3 is 0 Å². The molecule has 6 heteroatoms. The molecule has 164 valence electrons. The lowest BCUT2D eigenvalue weighted by Gasteiger charge is -2.31. The third-order valence-electron chi connectivity index (χ3n) is 6.11. The molecule has 6 nitrogen and oxygen atoms in total. The summed E-state index contributed by atoms with van der Waals surface area (Å²) in [5, 5.41) is 8.38. The number of rotatable bonds is 8. The summed E-state index contributed by atoms with van der Waals surface area (Å²) < 4.78 is 5.70. The van der Waals surface area contributed by atoms with Gasteiger partial charge in [0.15, 0.2) is 0 Å². The zero-order chi connectivity index (χ0) is 21.6.